The van der Waals surface area contributed by atoms with Crippen LogP contribution in [0.5, 0.6) is 0 Å². The highest BCUT2D eigenvalue weighted by Gasteiger charge is 2.50. The van der Waals surface area contributed by atoms with Crippen LogP contribution in [0.25, 0.3) is 11.1 Å². The lowest BCUT2D eigenvalue weighted by Crippen LogP contribution is -2.17. The summed E-state index contributed by atoms with van der Waals surface area (Å²) < 4.78 is 145. The molecule has 0 amide bonds. The maximum atomic E-state index is 14.7. The third-order valence-corrected chi connectivity index (χ3v) is 7.44. The fourth-order valence-corrected chi connectivity index (χ4v) is 4.89. The molecule has 33 heavy (non-hydrogen) atoms. The molecular weight excluding hydrogens is 487 g/mol. The molecule has 2 aromatic rings. The number of allylic oxidation sites excluding steroid dienone is 2. The molecule has 0 aliphatic heterocycles. The van der Waals surface area contributed by atoms with E-state index in [2.05, 4.69) is 0 Å². The first-order valence-corrected chi connectivity index (χ1v) is 11.0. The van der Waals surface area contributed by atoms with Crippen LogP contribution in [-0.2, 0) is 16.0 Å². The highest BCUT2D eigenvalue weighted by Crippen LogP contribution is 2.64. The Morgan fingerprint density at radius 3 is 1.70 bits per heavy atom. The summed E-state index contributed by atoms with van der Waals surface area (Å²) in [4.78, 5) is -0.716. The Kier molecular flexibility index (Phi) is 5.38. The molecule has 0 heterocycles. The van der Waals surface area contributed by atoms with Crippen molar-refractivity contribution in [3.8, 4) is 0 Å². The molecular formula is C21H13F9O2S. The SMILES string of the molecule is O=S(=O)(c1ccc(C2=C(c3c(F)c(F)c(C(F)(F)F)c(F)c3F)CC3(CC3)C2)cc1)C(F)F. The quantitative estimate of drug-likeness (QED) is 0.344. The van der Waals surface area contributed by atoms with Crippen LogP contribution in [0.3, 0.4) is 0 Å². The second-order valence-electron chi connectivity index (χ2n) is 8.14. The van der Waals surface area contributed by atoms with Gasteiger partial charge in [0.1, 0.15) is 5.56 Å². The van der Waals surface area contributed by atoms with Gasteiger partial charge in [0.15, 0.2) is 23.3 Å². The van der Waals surface area contributed by atoms with E-state index >= 15 is 0 Å². The van der Waals surface area contributed by atoms with Gasteiger partial charge in [0.25, 0.3) is 0 Å². The Labute approximate surface area is 181 Å². The van der Waals surface area contributed by atoms with Crippen molar-refractivity contribution in [1.29, 1.82) is 0 Å². The van der Waals surface area contributed by atoms with Gasteiger partial charge >= 0.3 is 11.9 Å². The van der Waals surface area contributed by atoms with Crippen molar-refractivity contribution in [2.24, 2.45) is 5.41 Å². The van der Waals surface area contributed by atoms with Gasteiger partial charge in [0.05, 0.1) is 10.5 Å². The van der Waals surface area contributed by atoms with E-state index in [-0.39, 0.29) is 29.6 Å². The Morgan fingerprint density at radius 1 is 0.788 bits per heavy atom. The molecule has 2 aromatic carbocycles. The zero-order chi connectivity index (χ0) is 24.5. The third-order valence-electron chi connectivity index (χ3n) is 6.04. The molecule has 0 saturated heterocycles. The number of hydrogen-bond acceptors (Lipinski definition) is 2. The molecule has 0 unspecified atom stereocenters. The van der Waals surface area contributed by atoms with Gasteiger partial charge in [-0.1, -0.05) is 12.1 Å². The minimum absolute atomic E-state index is 0.0719. The summed E-state index contributed by atoms with van der Waals surface area (Å²) in [5.74, 6) is -13.2. The number of benzene rings is 2. The van der Waals surface area contributed by atoms with Gasteiger partial charge in [0.2, 0.25) is 9.84 Å². The van der Waals surface area contributed by atoms with Crippen LogP contribution in [-0.4, -0.2) is 14.2 Å². The van der Waals surface area contributed by atoms with E-state index in [1.165, 1.54) is 0 Å². The van der Waals surface area contributed by atoms with Crippen LogP contribution >= 0.6 is 0 Å². The smallest absolute Gasteiger partial charge is 0.218 e. The molecule has 1 spiro atoms. The number of alkyl halides is 5. The molecule has 0 bridgehead atoms. The van der Waals surface area contributed by atoms with Crippen molar-refractivity contribution in [3.05, 3.63) is 64.2 Å². The summed E-state index contributed by atoms with van der Waals surface area (Å²) in [5, 5.41) is 0. The average Bonchev–Trinajstić information content (AvgIpc) is 3.37. The van der Waals surface area contributed by atoms with E-state index in [9.17, 15) is 47.9 Å². The predicted molar refractivity (Wildman–Crippen MR) is 98.6 cm³/mol. The van der Waals surface area contributed by atoms with E-state index in [1.807, 2.05) is 0 Å². The number of hydrogen-bond donors (Lipinski definition) is 0. The van der Waals surface area contributed by atoms with E-state index < -0.39 is 66.5 Å². The molecule has 178 valence electrons. The molecule has 1 saturated carbocycles. The minimum atomic E-state index is -5.68. The predicted octanol–water partition coefficient (Wildman–Crippen LogP) is 6.74. The average molecular weight is 500 g/mol. The van der Waals surface area contributed by atoms with E-state index in [4.69, 9.17) is 0 Å². The molecule has 2 nitrogen and oxygen atoms in total. The monoisotopic (exact) mass is 500 g/mol. The second kappa shape index (κ2) is 7.51. The van der Waals surface area contributed by atoms with Crippen LogP contribution in [0.4, 0.5) is 39.5 Å². The number of sulfone groups is 1. The first-order chi connectivity index (χ1) is 15.2. The summed E-state index contributed by atoms with van der Waals surface area (Å²) in [6.07, 6.45) is -4.41. The summed E-state index contributed by atoms with van der Waals surface area (Å²) in [6.45, 7) is 0. The van der Waals surface area contributed by atoms with Crippen molar-refractivity contribution in [3.63, 3.8) is 0 Å². The Balaban J connectivity index is 1.89. The van der Waals surface area contributed by atoms with Gasteiger partial charge in [-0.05, 0) is 59.9 Å². The number of rotatable bonds is 4. The molecule has 4 rings (SSSR count). The summed E-state index contributed by atoms with van der Waals surface area (Å²) >= 11 is 0. The van der Waals surface area contributed by atoms with Crippen molar-refractivity contribution in [1.82, 2.24) is 0 Å². The fourth-order valence-electron chi connectivity index (χ4n) is 4.17. The molecule has 0 atom stereocenters. The Hall–Kier alpha value is -2.50. The minimum Gasteiger partial charge on any atom is -0.218 e. The van der Waals surface area contributed by atoms with Gasteiger partial charge in [-0.15, -0.1) is 0 Å². The first-order valence-electron chi connectivity index (χ1n) is 9.48. The summed E-state index contributed by atoms with van der Waals surface area (Å²) in [6, 6.07) is 3.89. The largest absolute Gasteiger partial charge is 0.422 e. The van der Waals surface area contributed by atoms with E-state index in [0.717, 1.165) is 24.3 Å². The highest BCUT2D eigenvalue weighted by molar-refractivity contribution is 7.91. The van der Waals surface area contributed by atoms with Crippen molar-refractivity contribution in [2.45, 2.75) is 42.5 Å². The maximum Gasteiger partial charge on any atom is 0.422 e. The molecule has 2 aliphatic carbocycles. The molecule has 0 N–H and O–H groups in total. The second-order valence-corrected chi connectivity index (χ2v) is 10.1. The molecule has 2 aliphatic rings. The maximum absolute atomic E-state index is 14.7. The zero-order valence-electron chi connectivity index (χ0n) is 16.3. The normalized spacial score (nSPS) is 18.0. The van der Waals surface area contributed by atoms with Crippen LogP contribution in [0.2, 0.25) is 0 Å². The van der Waals surface area contributed by atoms with Crippen molar-refractivity contribution >= 4 is 21.0 Å². The lowest BCUT2D eigenvalue weighted by Gasteiger charge is -2.16. The van der Waals surface area contributed by atoms with Crippen LogP contribution < -0.4 is 0 Å². The van der Waals surface area contributed by atoms with Crippen LogP contribution in [0, 0.1) is 28.7 Å². The molecule has 0 radical (unpaired) electrons. The Bertz CT molecular complexity index is 1240. The fraction of sp³-hybridized carbons (Fsp3) is 0.333. The van der Waals surface area contributed by atoms with Crippen molar-refractivity contribution in [2.75, 3.05) is 0 Å². The summed E-state index contributed by atoms with van der Waals surface area (Å²) in [7, 11) is -4.91. The van der Waals surface area contributed by atoms with Crippen LogP contribution in [0.15, 0.2) is 29.2 Å². The van der Waals surface area contributed by atoms with E-state index in [0.29, 0.717) is 12.8 Å². The van der Waals surface area contributed by atoms with Gasteiger partial charge in [-0.25, -0.2) is 26.0 Å². The topological polar surface area (TPSA) is 34.1 Å². The molecule has 12 heteroatoms. The zero-order valence-corrected chi connectivity index (χ0v) is 17.2. The van der Waals surface area contributed by atoms with E-state index in [1.54, 1.807) is 0 Å². The molecule has 1 fully saturated rings. The molecule has 0 aromatic heterocycles. The van der Waals surface area contributed by atoms with Gasteiger partial charge in [-0.3, -0.25) is 0 Å². The van der Waals surface area contributed by atoms with Crippen LogP contribution in [0.1, 0.15) is 42.4 Å². The first kappa shape index (κ1) is 23.7. The van der Waals surface area contributed by atoms with Crippen molar-refractivity contribution < 1.29 is 47.9 Å². The Morgan fingerprint density at radius 2 is 1.27 bits per heavy atom. The lowest BCUT2D eigenvalue weighted by molar-refractivity contribution is -0.143. The van der Waals surface area contributed by atoms with Gasteiger partial charge in [0, 0.05) is 0 Å². The highest BCUT2D eigenvalue weighted by atomic mass is 32.2. The third kappa shape index (κ3) is 3.81. The standard InChI is InChI=1S/C21H13F9O2S/c22-15-13(16(23)18(25)14(17(15)24)21(28,29)30)12-8-20(5-6-20)7-11(12)9-1-3-10(4-2-9)33(31,32)19(26)27/h1-4,19H,5-8H2. The number of halogens is 9. The summed E-state index contributed by atoms with van der Waals surface area (Å²) in [5.41, 5.74) is -4.40. The van der Waals surface area contributed by atoms with Gasteiger partial charge in [-0.2, -0.15) is 22.0 Å². The van der Waals surface area contributed by atoms with Gasteiger partial charge < -0.3 is 0 Å². The lowest BCUT2D eigenvalue weighted by atomic mass is 9.94.